The van der Waals surface area contributed by atoms with Crippen molar-refractivity contribution in [1.29, 1.82) is 0 Å². The lowest BCUT2D eigenvalue weighted by atomic mass is 9.88. The molecule has 1 aliphatic heterocycles. The maximum absolute atomic E-state index is 13.2. The van der Waals surface area contributed by atoms with Gasteiger partial charge in [-0.2, -0.15) is 0 Å². The molecular formula is C20H22ClN3O3S. The molecule has 2 aromatic rings. The summed E-state index contributed by atoms with van der Waals surface area (Å²) in [6.07, 6.45) is 7.68. The number of benzene rings is 1. The van der Waals surface area contributed by atoms with Crippen molar-refractivity contribution in [2.75, 3.05) is 11.2 Å². The molecule has 1 amide bonds. The Kier molecular flexibility index (Phi) is 4.93. The lowest BCUT2D eigenvalue weighted by molar-refractivity contribution is 0.0990. The lowest BCUT2D eigenvalue weighted by Gasteiger charge is -2.32. The first kappa shape index (κ1) is 19.4. The van der Waals surface area contributed by atoms with Crippen molar-refractivity contribution in [3.05, 3.63) is 57.9 Å². The molecule has 0 bridgehead atoms. The first-order valence-electron chi connectivity index (χ1n) is 9.37. The molecule has 2 aliphatic rings. The van der Waals surface area contributed by atoms with E-state index in [4.69, 9.17) is 11.6 Å². The highest BCUT2D eigenvalue weighted by Crippen LogP contribution is 2.44. The van der Waals surface area contributed by atoms with E-state index in [1.807, 2.05) is 13.0 Å². The van der Waals surface area contributed by atoms with Crippen LogP contribution in [0.1, 0.15) is 65.3 Å². The molecule has 0 radical (unpaired) electrons. The van der Waals surface area contributed by atoms with E-state index in [0.717, 1.165) is 47.9 Å². The van der Waals surface area contributed by atoms with Crippen LogP contribution in [0.3, 0.4) is 0 Å². The third kappa shape index (κ3) is 3.32. The standard InChI is InChI=1S/C20H22ClN3O3S/c1-3-18-15-9-12(21)7-8-14(15)20(25)24(18)19-11-22-10-16-13(19)5-4-6-17(16)23-28(2,26)27/h7-11,17-18,23H,3-6H2,1-2H3/t17-,18-/m0/s1. The van der Waals surface area contributed by atoms with Crippen LogP contribution in [0.25, 0.3) is 0 Å². The monoisotopic (exact) mass is 419 g/mol. The lowest BCUT2D eigenvalue weighted by Crippen LogP contribution is -2.33. The summed E-state index contributed by atoms with van der Waals surface area (Å²) in [6.45, 7) is 2.04. The van der Waals surface area contributed by atoms with E-state index in [1.54, 1.807) is 29.4 Å². The van der Waals surface area contributed by atoms with Crippen LogP contribution in [0, 0.1) is 0 Å². The largest absolute Gasteiger partial charge is 0.299 e. The maximum Gasteiger partial charge on any atom is 0.259 e. The normalized spacial score (nSPS) is 21.5. The quantitative estimate of drug-likeness (QED) is 0.817. The van der Waals surface area contributed by atoms with Crippen LogP contribution in [-0.4, -0.2) is 25.6 Å². The van der Waals surface area contributed by atoms with Crippen molar-refractivity contribution >= 4 is 33.2 Å². The van der Waals surface area contributed by atoms with Crippen LogP contribution in [0.4, 0.5) is 5.69 Å². The second kappa shape index (κ2) is 7.13. The Morgan fingerprint density at radius 2 is 2.07 bits per heavy atom. The van der Waals surface area contributed by atoms with Gasteiger partial charge in [0.05, 0.1) is 24.2 Å². The first-order chi connectivity index (χ1) is 13.3. The van der Waals surface area contributed by atoms with Gasteiger partial charge in [-0.15, -0.1) is 0 Å². The molecule has 0 saturated carbocycles. The number of anilines is 1. The van der Waals surface area contributed by atoms with Gasteiger partial charge in [0.25, 0.3) is 5.91 Å². The maximum atomic E-state index is 13.2. The second-order valence-electron chi connectivity index (χ2n) is 7.39. The first-order valence-corrected chi connectivity index (χ1v) is 11.6. The van der Waals surface area contributed by atoms with Crippen LogP contribution in [0.15, 0.2) is 30.6 Å². The Bertz CT molecular complexity index is 1050. The highest BCUT2D eigenvalue weighted by molar-refractivity contribution is 7.88. The molecule has 4 rings (SSSR count). The van der Waals surface area contributed by atoms with Crippen molar-refractivity contribution in [3.8, 4) is 0 Å². The number of hydrogen-bond donors (Lipinski definition) is 1. The number of hydrogen-bond acceptors (Lipinski definition) is 4. The molecule has 8 heteroatoms. The van der Waals surface area contributed by atoms with Gasteiger partial charge in [-0.25, -0.2) is 13.1 Å². The summed E-state index contributed by atoms with van der Waals surface area (Å²) in [6, 6.07) is 4.94. The van der Waals surface area contributed by atoms with Gasteiger partial charge >= 0.3 is 0 Å². The van der Waals surface area contributed by atoms with Gasteiger partial charge in [0.1, 0.15) is 0 Å². The molecule has 0 fully saturated rings. The smallest absolute Gasteiger partial charge is 0.259 e. The van der Waals surface area contributed by atoms with Gasteiger partial charge in [0.15, 0.2) is 0 Å². The number of carbonyl (C=O) groups is 1. The number of aromatic nitrogens is 1. The van der Waals surface area contributed by atoms with Crippen molar-refractivity contribution in [3.63, 3.8) is 0 Å². The zero-order chi connectivity index (χ0) is 20.1. The molecule has 1 N–H and O–H groups in total. The molecule has 1 aliphatic carbocycles. The topological polar surface area (TPSA) is 79.4 Å². The average molecular weight is 420 g/mol. The van der Waals surface area contributed by atoms with Gasteiger partial charge in [0, 0.05) is 22.8 Å². The molecule has 0 spiro atoms. The summed E-state index contributed by atoms with van der Waals surface area (Å²) in [7, 11) is -3.35. The number of nitrogens with zero attached hydrogens (tertiary/aromatic N) is 2. The van der Waals surface area contributed by atoms with Crippen LogP contribution < -0.4 is 9.62 Å². The predicted octanol–water partition coefficient (Wildman–Crippen LogP) is 3.77. The fourth-order valence-electron chi connectivity index (χ4n) is 4.39. The van der Waals surface area contributed by atoms with Crippen molar-refractivity contribution in [2.45, 2.75) is 44.7 Å². The Hall–Kier alpha value is -1.96. The third-order valence-corrected chi connectivity index (χ3v) is 6.45. The third-order valence-electron chi connectivity index (χ3n) is 5.50. The Balaban J connectivity index is 1.81. The van der Waals surface area contributed by atoms with Gasteiger partial charge in [-0.05, 0) is 60.6 Å². The van der Waals surface area contributed by atoms with Crippen LogP contribution in [-0.2, 0) is 16.4 Å². The number of rotatable bonds is 4. The summed E-state index contributed by atoms with van der Waals surface area (Å²) in [5.74, 6) is -0.0630. The van der Waals surface area contributed by atoms with E-state index in [9.17, 15) is 13.2 Å². The number of halogens is 1. The van der Waals surface area contributed by atoms with Crippen molar-refractivity contribution in [2.24, 2.45) is 0 Å². The fourth-order valence-corrected chi connectivity index (χ4v) is 5.33. The summed E-state index contributed by atoms with van der Waals surface area (Å²) < 4.78 is 26.3. The number of fused-ring (bicyclic) bond motifs is 2. The minimum atomic E-state index is -3.35. The zero-order valence-electron chi connectivity index (χ0n) is 15.8. The van der Waals surface area contributed by atoms with Gasteiger partial charge in [-0.3, -0.25) is 14.7 Å². The zero-order valence-corrected chi connectivity index (χ0v) is 17.3. The Labute approximate surface area is 170 Å². The summed E-state index contributed by atoms with van der Waals surface area (Å²) >= 11 is 6.18. The molecular weight excluding hydrogens is 398 g/mol. The van der Waals surface area contributed by atoms with E-state index in [0.29, 0.717) is 17.0 Å². The molecule has 6 nitrogen and oxygen atoms in total. The molecule has 28 heavy (non-hydrogen) atoms. The minimum Gasteiger partial charge on any atom is -0.299 e. The van der Waals surface area contributed by atoms with Crippen molar-refractivity contribution in [1.82, 2.24) is 9.71 Å². The van der Waals surface area contributed by atoms with E-state index in [1.165, 1.54) is 0 Å². The van der Waals surface area contributed by atoms with Gasteiger partial charge in [0.2, 0.25) is 10.0 Å². The second-order valence-corrected chi connectivity index (χ2v) is 9.61. The molecule has 0 saturated heterocycles. The number of nitrogens with one attached hydrogen (secondary N) is 1. The number of amides is 1. The number of carbonyl (C=O) groups excluding carboxylic acids is 1. The fraction of sp³-hybridized carbons (Fsp3) is 0.400. The molecule has 1 aromatic heterocycles. The minimum absolute atomic E-state index is 0.0630. The summed E-state index contributed by atoms with van der Waals surface area (Å²) in [5.41, 5.74) is 4.20. The van der Waals surface area contributed by atoms with Crippen LogP contribution in [0.2, 0.25) is 5.02 Å². The molecule has 2 atom stereocenters. The SMILES string of the molecule is CC[C@H]1c2cc(Cl)ccc2C(=O)N1c1cncc2c1CCC[C@@H]2NS(C)(=O)=O. The molecule has 0 unspecified atom stereocenters. The summed E-state index contributed by atoms with van der Waals surface area (Å²) in [5, 5.41) is 0.609. The van der Waals surface area contributed by atoms with E-state index >= 15 is 0 Å². The van der Waals surface area contributed by atoms with Crippen molar-refractivity contribution < 1.29 is 13.2 Å². The van der Waals surface area contributed by atoms with E-state index in [-0.39, 0.29) is 18.0 Å². The summed E-state index contributed by atoms with van der Waals surface area (Å²) in [4.78, 5) is 19.4. The van der Waals surface area contributed by atoms with Crippen LogP contribution >= 0.6 is 11.6 Å². The predicted molar refractivity (Wildman–Crippen MR) is 109 cm³/mol. The number of pyridine rings is 1. The number of sulfonamides is 1. The molecule has 1 aromatic carbocycles. The average Bonchev–Trinajstić information content (AvgIpc) is 2.91. The van der Waals surface area contributed by atoms with E-state index < -0.39 is 10.0 Å². The van der Waals surface area contributed by atoms with E-state index in [2.05, 4.69) is 9.71 Å². The Morgan fingerprint density at radius 1 is 1.29 bits per heavy atom. The highest BCUT2D eigenvalue weighted by Gasteiger charge is 2.39. The molecule has 148 valence electrons. The van der Waals surface area contributed by atoms with Crippen LogP contribution in [0.5, 0.6) is 0 Å². The molecule has 2 heterocycles. The Morgan fingerprint density at radius 3 is 2.79 bits per heavy atom. The van der Waals surface area contributed by atoms with Gasteiger partial charge in [-0.1, -0.05) is 18.5 Å². The van der Waals surface area contributed by atoms with Gasteiger partial charge < -0.3 is 0 Å². The highest BCUT2D eigenvalue weighted by atomic mass is 35.5.